The Kier molecular flexibility index (Phi) is 3.01. The molecule has 1 atom stereocenters. The molecule has 0 radical (unpaired) electrons. The minimum absolute atomic E-state index is 0.0604. The van der Waals surface area contributed by atoms with Crippen molar-refractivity contribution in [1.82, 2.24) is 15.3 Å². The molecular formula is C15H15N3O. The zero-order valence-corrected chi connectivity index (χ0v) is 10.9. The van der Waals surface area contributed by atoms with Gasteiger partial charge in [-0.15, -0.1) is 0 Å². The van der Waals surface area contributed by atoms with E-state index in [4.69, 9.17) is 4.42 Å². The lowest BCUT2D eigenvalue weighted by Crippen LogP contribution is -2.18. The van der Waals surface area contributed by atoms with Crippen molar-refractivity contribution in [3.8, 4) is 0 Å². The van der Waals surface area contributed by atoms with E-state index in [0.29, 0.717) is 0 Å². The van der Waals surface area contributed by atoms with E-state index >= 15 is 0 Å². The van der Waals surface area contributed by atoms with E-state index in [9.17, 15) is 0 Å². The zero-order chi connectivity index (χ0) is 13.2. The second-order valence-electron chi connectivity index (χ2n) is 4.50. The molecule has 19 heavy (non-hydrogen) atoms. The summed E-state index contributed by atoms with van der Waals surface area (Å²) in [7, 11) is 1.90. The first-order valence-corrected chi connectivity index (χ1v) is 6.22. The number of hydrogen-bond donors (Lipinski definition) is 1. The number of nitrogens with one attached hydrogen (secondary N) is 1. The third-order valence-corrected chi connectivity index (χ3v) is 3.23. The fourth-order valence-electron chi connectivity index (χ4n) is 2.28. The Labute approximate surface area is 111 Å². The first kappa shape index (κ1) is 11.9. The number of aryl methyl sites for hydroxylation is 1. The molecule has 2 heterocycles. The van der Waals surface area contributed by atoms with E-state index in [1.54, 1.807) is 12.5 Å². The lowest BCUT2D eigenvalue weighted by molar-refractivity contribution is 0.484. The number of para-hydroxylation sites is 1. The summed E-state index contributed by atoms with van der Waals surface area (Å²) in [6, 6.07) is 10.0. The van der Waals surface area contributed by atoms with Gasteiger partial charge in [-0.1, -0.05) is 18.2 Å². The van der Waals surface area contributed by atoms with Crippen LogP contribution in [0.5, 0.6) is 0 Å². The van der Waals surface area contributed by atoms with E-state index in [1.165, 1.54) is 0 Å². The smallest absolute Gasteiger partial charge is 0.137 e. The summed E-state index contributed by atoms with van der Waals surface area (Å²) in [4.78, 5) is 8.23. The predicted molar refractivity (Wildman–Crippen MR) is 73.9 cm³/mol. The molecular weight excluding hydrogens is 238 g/mol. The average Bonchev–Trinajstić information content (AvgIpc) is 2.86. The molecule has 1 aromatic carbocycles. The maximum absolute atomic E-state index is 5.98. The average molecular weight is 253 g/mol. The highest BCUT2D eigenvalue weighted by Crippen LogP contribution is 2.28. The first-order chi connectivity index (χ1) is 9.29. The molecule has 0 amide bonds. The molecule has 3 rings (SSSR count). The number of aromatic nitrogens is 2. The van der Waals surface area contributed by atoms with Gasteiger partial charge >= 0.3 is 0 Å². The highest BCUT2D eigenvalue weighted by atomic mass is 16.3. The van der Waals surface area contributed by atoms with Gasteiger partial charge in [0, 0.05) is 11.6 Å². The fourth-order valence-corrected chi connectivity index (χ4v) is 2.28. The lowest BCUT2D eigenvalue weighted by Gasteiger charge is -2.12. The van der Waals surface area contributed by atoms with Crippen molar-refractivity contribution >= 4 is 11.0 Å². The molecule has 0 bridgehead atoms. The molecule has 0 spiro atoms. The highest BCUT2D eigenvalue weighted by Gasteiger charge is 2.18. The number of nitrogens with zero attached hydrogens (tertiary/aromatic N) is 2. The van der Waals surface area contributed by atoms with Gasteiger partial charge in [-0.3, -0.25) is 0 Å². The minimum atomic E-state index is -0.0604. The van der Waals surface area contributed by atoms with Crippen LogP contribution < -0.4 is 5.32 Å². The maximum atomic E-state index is 5.98. The van der Waals surface area contributed by atoms with E-state index in [0.717, 1.165) is 28.0 Å². The summed E-state index contributed by atoms with van der Waals surface area (Å²) < 4.78 is 5.98. The second-order valence-corrected chi connectivity index (χ2v) is 4.50. The Balaban J connectivity index is 2.09. The largest absolute Gasteiger partial charge is 0.459 e. The van der Waals surface area contributed by atoms with E-state index in [1.807, 2.05) is 19.2 Å². The molecule has 4 nitrogen and oxygen atoms in total. The quantitative estimate of drug-likeness (QED) is 0.779. The van der Waals surface area contributed by atoms with Gasteiger partial charge in [0.05, 0.1) is 5.69 Å². The van der Waals surface area contributed by atoms with Gasteiger partial charge in [-0.05, 0) is 31.7 Å². The monoisotopic (exact) mass is 253 g/mol. The molecule has 2 aromatic heterocycles. The van der Waals surface area contributed by atoms with Crippen molar-refractivity contribution < 1.29 is 4.42 Å². The molecule has 0 saturated heterocycles. The van der Waals surface area contributed by atoms with Gasteiger partial charge in [-0.2, -0.15) is 0 Å². The molecule has 0 saturated carbocycles. The van der Waals surface area contributed by atoms with Crippen molar-refractivity contribution in [3.05, 3.63) is 59.9 Å². The third-order valence-electron chi connectivity index (χ3n) is 3.23. The molecule has 0 aliphatic carbocycles. The highest BCUT2D eigenvalue weighted by molar-refractivity contribution is 5.81. The third kappa shape index (κ3) is 2.11. The van der Waals surface area contributed by atoms with Crippen LogP contribution in [0.4, 0.5) is 0 Å². The Morgan fingerprint density at radius 1 is 1.26 bits per heavy atom. The molecule has 0 aliphatic rings. The summed E-state index contributed by atoms with van der Waals surface area (Å²) in [5, 5.41) is 4.35. The van der Waals surface area contributed by atoms with Crippen LogP contribution in [0.3, 0.4) is 0 Å². The minimum Gasteiger partial charge on any atom is -0.459 e. The number of rotatable bonds is 3. The molecule has 1 N–H and O–H groups in total. The SMILES string of the molecule is CNC(c1ccncn1)c1cc2cccc(C)c2o1. The normalized spacial score (nSPS) is 12.7. The summed E-state index contributed by atoms with van der Waals surface area (Å²) in [6.07, 6.45) is 3.29. The van der Waals surface area contributed by atoms with Gasteiger partial charge < -0.3 is 9.73 Å². The maximum Gasteiger partial charge on any atom is 0.137 e. The van der Waals surface area contributed by atoms with Crippen LogP contribution in [0.1, 0.15) is 23.1 Å². The summed E-state index contributed by atoms with van der Waals surface area (Å²) in [6.45, 7) is 2.05. The van der Waals surface area contributed by atoms with Gasteiger partial charge in [0.25, 0.3) is 0 Å². The topological polar surface area (TPSA) is 51.0 Å². The molecule has 1 unspecified atom stereocenters. The summed E-state index contributed by atoms with van der Waals surface area (Å²) in [5.74, 6) is 0.866. The van der Waals surface area contributed by atoms with Gasteiger partial charge in [0.2, 0.25) is 0 Å². The molecule has 4 heteroatoms. The van der Waals surface area contributed by atoms with Crippen molar-refractivity contribution in [2.24, 2.45) is 0 Å². The van der Waals surface area contributed by atoms with E-state index in [2.05, 4.69) is 40.4 Å². The van der Waals surface area contributed by atoms with Crippen molar-refractivity contribution in [2.45, 2.75) is 13.0 Å². The van der Waals surface area contributed by atoms with Crippen LogP contribution >= 0.6 is 0 Å². The van der Waals surface area contributed by atoms with Gasteiger partial charge in [-0.25, -0.2) is 9.97 Å². The Morgan fingerprint density at radius 3 is 2.84 bits per heavy atom. The molecule has 3 aromatic rings. The first-order valence-electron chi connectivity index (χ1n) is 6.22. The van der Waals surface area contributed by atoms with Gasteiger partial charge in [0.1, 0.15) is 23.7 Å². The van der Waals surface area contributed by atoms with Crippen molar-refractivity contribution in [1.29, 1.82) is 0 Å². The number of hydrogen-bond acceptors (Lipinski definition) is 4. The number of furan rings is 1. The van der Waals surface area contributed by atoms with Crippen molar-refractivity contribution in [2.75, 3.05) is 7.05 Å². The molecule has 0 fully saturated rings. The van der Waals surface area contributed by atoms with Crippen LogP contribution in [0.2, 0.25) is 0 Å². The zero-order valence-electron chi connectivity index (χ0n) is 10.9. The van der Waals surface area contributed by atoms with Crippen LogP contribution in [0.25, 0.3) is 11.0 Å². The standard InChI is InChI=1S/C15H15N3O/c1-10-4-3-5-11-8-13(19-15(10)11)14(16-2)12-6-7-17-9-18-12/h3-9,14,16H,1-2H3. The Hall–Kier alpha value is -2.20. The van der Waals surface area contributed by atoms with Crippen LogP contribution in [0, 0.1) is 6.92 Å². The molecule has 0 aliphatic heterocycles. The van der Waals surface area contributed by atoms with Crippen LogP contribution in [-0.4, -0.2) is 17.0 Å². The van der Waals surface area contributed by atoms with E-state index < -0.39 is 0 Å². The Morgan fingerprint density at radius 2 is 2.16 bits per heavy atom. The second kappa shape index (κ2) is 4.82. The van der Waals surface area contributed by atoms with E-state index in [-0.39, 0.29) is 6.04 Å². The van der Waals surface area contributed by atoms with Gasteiger partial charge in [0.15, 0.2) is 0 Å². The lowest BCUT2D eigenvalue weighted by atomic mass is 10.1. The van der Waals surface area contributed by atoms with Crippen LogP contribution in [-0.2, 0) is 0 Å². The fraction of sp³-hybridized carbons (Fsp3) is 0.200. The number of fused-ring (bicyclic) bond motifs is 1. The molecule has 96 valence electrons. The predicted octanol–water partition coefficient (Wildman–Crippen LogP) is 2.84. The summed E-state index contributed by atoms with van der Waals surface area (Å²) in [5.41, 5.74) is 2.97. The summed E-state index contributed by atoms with van der Waals surface area (Å²) >= 11 is 0. The van der Waals surface area contributed by atoms with Crippen LogP contribution in [0.15, 0.2) is 47.3 Å². The van der Waals surface area contributed by atoms with Crippen molar-refractivity contribution in [3.63, 3.8) is 0 Å². The number of benzene rings is 1. The Bertz CT molecular complexity index is 691.